The molecule has 1 N–H and O–H groups in total. The summed E-state index contributed by atoms with van der Waals surface area (Å²) in [6, 6.07) is 0. The van der Waals surface area contributed by atoms with Crippen molar-refractivity contribution in [1.29, 1.82) is 0 Å². The van der Waals surface area contributed by atoms with Crippen molar-refractivity contribution in [3.63, 3.8) is 0 Å². The Labute approximate surface area is 100 Å². The first-order valence-electron chi connectivity index (χ1n) is 6.10. The molecule has 0 unspecified atom stereocenters. The van der Waals surface area contributed by atoms with Crippen molar-refractivity contribution < 1.29 is 14.3 Å². The molecule has 0 saturated heterocycles. The van der Waals surface area contributed by atoms with Crippen LogP contribution in [0.25, 0.3) is 0 Å². The van der Waals surface area contributed by atoms with E-state index in [9.17, 15) is 9.59 Å². The topological polar surface area (TPSA) is 59.2 Å². The number of rotatable bonds is 4. The number of aromatic amines is 1. The van der Waals surface area contributed by atoms with Crippen molar-refractivity contribution in [3.05, 3.63) is 23.0 Å². The minimum absolute atomic E-state index is 0.200. The molecule has 0 radical (unpaired) electrons. The summed E-state index contributed by atoms with van der Waals surface area (Å²) < 4.78 is 4.88. The number of hydrogen-bond acceptors (Lipinski definition) is 3. The van der Waals surface area contributed by atoms with Crippen molar-refractivity contribution in [3.8, 4) is 0 Å². The molecule has 0 amide bonds. The molecule has 0 bridgehead atoms. The van der Waals surface area contributed by atoms with Crippen molar-refractivity contribution in [2.45, 2.75) is 39.0 Å². The highest BCUT2D eigenvalue weighted by molar-refractivity contribution is 5.99. The fraction of sp³-hybridized carbons (Fsp3) is 0.538. The van der Waals surface area contributed by atoms with Crippen LogP contribution >= 0.6 is 0 Å². The molecule has 2 rings (SSSR count). The fourth-order valence-electron chi connectivity index (χ4n) is 2.27. The highest BCUT2D eigenvalue weighted by Crippen LogP contribution is 2.24. The van der Waals surface area contributed by atoms with Crippen molar-refractivity contribution in [2.24, 2.45) is 0 Å². The molecule has 1 aliphatic rings. The Morgan fingerprint density at radius 3 is 3.06 bits per heavy atom. The third kappa shape index (κ3) is 2.57. The molecule has 1 aromatic rings. The smallest absolute Gasteiger partial charge is 0.306 e. The molecular formula is C13H17NO3. The van der Waals surface area contributed by atoms with Crippen LogP contribution in [0.2, 0.25) is 0 Å². The second kappa shape index (κ2) is 5.17. The van der Waals surface area contributed by atoms with Crippen LogP contribution in [0.4, 0.5) is 0 Å². The highest BCUT2D eigenvalue weighted by atomic mass is 16.5. The Morgan fingerprint density at radius 1 is 1.47 bits per heavy atom. The zero-order valence-electron chi connectivity index (χ0n) is 10.0. The first-order chi connectivity index (χ1) is 8.22. The lowest BCUT2D eigenvalue weighted by Gasteiger charge is -2.11. The number of Topliss-reactive ketones (excluding diaryl/α,β-unsaturated/α-hetero) is 1. The third-order valence-corrected chi connectivity index (χ3v) is 3.06. The summed E-state index contributed by atoms with van der Waals surface area (Å²) in [5.41, 5.74) is 2.80. The van der Waals surface area contributed by atoms with Crippen LogP contribution in [-0.4, -0.2) is 23.3 Å². The zero-order chi connectivity index (χ0) is 12.3. The van der Waals surface area contributed by atoms with Gasteiger partial charge in [0, 0.05) is 30.3 Å². The van der Waals surface area contributed by atoms with E-state index in [1.54, 1.807) is 6.92 Å². The highest BCUT2D eigenvalue weighted by Gasteiger charge is 2.22. The summed E-state index contributed by atoms with van der Waals surface area (Å²) in [7, 11) is 0. The average molecular weight is 235 g/mol. The van der Waals surface area contributed by atoms with Gasteiger partial charge in [0.25, 0.3) is 0 Å². The fourth-order valence-corrected chi connectivity index (χ4v) is 2.27. The molecule has 1 aliphatic carbocycles. The molecule has 1 heterocycles. The van der Waals surface area contributed by atoms with Crippen LogP contribution in [0.5, 0.6) is 0 Å². The van der Waals surface area contributed by atoms with Gasteiger partial charge >= 0.3 is 5.97 Å². The maximum absolute atomic E-state index is 11.8. The van der Waals surface area contributed by atoms with Crippen molar-refractivity contribution in [2.75, 3.05) is 6.61 Å². The first kappa shape index (κ1) is 11.9. The Kier molecular flexibility index (Phi) is 3.61. The average Bonchev–Trinajstić information content (AvgIpc) is 2.71. The molecule has 0 aliphatic heterocycles. The number of aromatic nitrogens is 1. The Hall–Kier alpha value is -1.58. The Morgan fingerprint density at radius 2 is 2.29 bits per heavy atom. The largest absolute Gasteiger partial charge is 0.466 e. The quantitative estimate of drug-likeness (QED) is 0.812. The summed E-state index contributed by atoms with van der Waals surface area (Å²) in [6.45, 7) is 2.20. The predicted octanol–water partition coefficient (Wildman–Crippen LogP) is 2.03. The van der Waals surface area contributed by atoms with Gasteiger partial charge in [0.05, 0.1) is 6.61 Å². The molecule has 0 aromatic carbocycles. The van der Waals surface area contributed by atoms with E-state index in [0.29, 0.717) is 25.9 Å². The standard InChI is InChI=1S/C13H17NO3/c1-2-17-12(16)7-6-9-8-14-10-4-3-5-11(15)13(9)10/h8,14H,2-7H2,1H3. The van der Waals surface area contributed by atoms with Gasteiger partial charge in [-0.15, -0.1) is 0 Å². The van der Waals surface area contributed by atoms with Crippen LogP contribution in [0.1, 0.15) is 47.8 Å². The molecule has 92 valence electrons. The number of ether oxygens (including phenoxy) is 1. The van der Waals surface area contributed by atoms with Gasteiger partial charge < -0.3 is 9.72 Å². The van der Waals surface area contributed by atoms with Gasteiger partial charge in [-0.25, -0.2) is 0 Å². The van der Waals surface area contributed by atoms with Crippen LogP contribution < -0.4 is 0 Å². The van der Waals surface area contributed by atoms with Crippen LogP contribution in [-0.2, 0) is 22.4 Å². The van der Waals surface area contributed by atoms with Crippen LogP contribution in [0.3, 0.4) is 0 Å². The second-order valence-electron chi connectivity index (χ2n) is 4.25. The lowest BCUT2D eigenvalue weighted by atomic mass is 9.92. The molecular weight excluding hydrogens is 218 g/mol. The number of esters is 1. The van der Waals surface area contributed by atoms with Crippen molar-refractivity contribution >= 4 is 11.8 Å². The number of carbonyl (C=O) groups is 2. The van der Waals surface area contributed by atoms with E-state index < -0.39 is 0 Å². The van der Waals surface area contributed by atoms with Gasteiger partial charge in [-0.05, 0) is 31.7 Å². The van der Waals surface area contributed by atoms with E-state index in [0.717, 1.165) is 29.7 Å². The van der Waals surface area contributed by atoms with Gasteiger partial charge in [0.15, 0.2) is 5.78 Å². The Bertz CT molecular complexity index is 434. The van der Waals surface area contributed by atoms with Gasteiger partial charge in [0.2, 0.25) is 0 Å². The first-order valence-corrected chi connectivity index (χ1v) is 6.10. The molecule has 4 heteroatoms. The third-order valence-electron chi connectivity index (χ3n) is 3.06. The normalized spacial score (nSPS) is 14.5. The summed E-state index contributed by atoms with van der Waals surface area (Å²) in [4.78, 5) is 26.2. The summed E-state index contributed by atoms with van der Waals surface area (Å²) in [6.07, 6.45) is 5.25. The van der Waals surface area contributed by atoms with E-state index in [2.05, 4.69) is 4.98 Å². The molecule has 0 atom stereocenters. The van der Waals surface area contributed by atoms with Crippen LogP contribution in [0, 0.1) is 0 Å². The number of carbonyl (C=O) groups excluding carboxylic acids is 2. The number of ketones is 1. The monoisotopic (exact) mass is 235 g/mol. The van der Waals surface area contributed by atoms with Gasteiger partial charge in [-0.2, -0.15) is 0 Å². The van der Waals surface area contributed by atoms with Crippen molar-refractivity contribution in [1.82, 2.24) is 4.98 Å². The molecule has 0 saturated carbocycles. The minimum Gasteiger partial charge on any atom is -0.466 e. The number of nitrogens with one attached hydrogen (secondary N) is 1. The molecule has 0 fully saturated rings. The SMILES string of the molecule is CCOC(=O)CCc1c[nH]c2c1C(=O)CCC2. The van der Waals surface area contributed by atoms with E-state index in [1.165, 1.54) is 0 Å². The zero-order valence-corrected chi connectivity index (χ0v) is 10.0. The number of hydrogen-bond donors (Lipinski definition) is 1. The van der Waals surface area contributed by atoms with Gasteiger partial charge in [-0.3, -0.25) is 9.59 Å². The molecule has 1 aromatic heterocycles. The number of H-pyrrole nitrogens is 1. The number of aryl methyl sites for hydroxylation is 2. The van der Waals surface area contributed by atoms with Gasteiger partial charge in [-0.1, -0.05) is 0 Å². The van der Waals surface area contributed by atoms with Crippen LogP contribution in [0.15, 0.2) is 6.20 Å². The van der Waals surface area contributed by atoms with E-state index in [4.69, 9.17) is 4.74 Å². The number of fused-ring (bicyclic) bond motifs is 1. The molecule has 4 nitrogen and oxygen atoms in total. The predicted molar refractivity (Wildman–Crippen MR) is 63.0 cm³/mol. The second-order valence-corrected chi connectivity index (χ2v) is 4.25. The lowest BCUT2D eigenvalue weighted by molar-refractivity contribution is -0.143. The van der Waals surface area contributed by atoms with E-state index in [1.807, 2.05) is 6.20 Å². The van der Waals surface area contributed by atoms with E-state index in [-0.39, 0.29) is 11.8 Å². The summed E-state index contributed by atoms with van der Waals surface area (Å²) in [5, 5.41) is 0. The molecule has 17 heavy (non-hydrogen) atoms. The summed E-state index contributed by atoms with van der Waals surface area (Å²) in [5.74, 6) is -0.00272. The van der Waals surface area contributed by atoms with Gasteiger partial charge in [0.1, 0.15) is 0 Å². The molecule has 0 spiro atoms. The maximum atomic E-state index is 11.8. The van der Waals surface area contributed by atoms with E-state index >= 15 is 0 Å². The minimum atomic E-state index is -0.203. The lowest BCUT2D eigenvalue weighted by Crippen LogP contribution is -2.12. The maximum Gasteiger partial charge on any atom is 0.306 e. The Balaban J connectivity index is 2.04. The summed E-state index contributed by atoms with van der Waals surface area (Å²) >= 11 is 0.